The molecule has 1 amide bonds. The van der Waals surface area contributed by atoms with Gasteiger partial charge in [0.1, 0.15) is 5.01 Å². The summed E-state index contributed by atoms with van der Waals surface area (Å²) in [6.07, 6.45) is 1.86. The van der Waals surface area contributed by atoms with Gasteiger partial charge in [-0.1, -0.05) is 23.7 Å². The second-order valence-corrected chi connectivity index (χ2v) is 8.15. The Balaban J connectivity index is 0.00000280. The van der Waals surface area contributed by atoms with Gasteiger partial charge in [0.25, 0.3) is 0 Å². The van der Waals surface area contributed by atoms with Gasteiger partial charge < -0.3 is 15.1 Å². The minimum atomic E-state index is 0. The van der Waals surface area contributed by atoms with Gasteiger partial charge in [-0.05, 0) is 31.5 Å². The fraction of sp³-hybridized carbons (Fsp3) is 0.421. The number of aryl methyl sites for hydroxylation is 1. The molecule has 0 saturated carbocycles. The summed E-state index contributed by atoms with van der Waals surface area (Å²) in [6.45, 7) is 7.71. The number of hydrogen-bond acceptors (Lipinski definition) is 4. The Kier molecular flexibility index (Phi) is 8.97. The molecule has 0 atom stereocenters. The number of nitrogens with one attached hydrogen (secondary N) is 1. The van der Waals surface area contributed by atoms with Crippen molar-refractivity contribution in [1.29, 1.82) is 0 Å². The minimum absolute atomic E-state index is 0. The standard InChI is InChI=1S/C19H24ClN5OS.HI/c1-3-21-19(23-11-17-22-10-14(2)27-17)25-9-8-24(18(26)13-25)12-15-4-6-16(20)7-5-15;/h4-7,10H,3,8-9,11-13H2,1-2H3,(H,21,23);1H. The summed E-state index contributed by atoms with van der Waals surface area (Å²) in [5, 5.41) is 4.98. The molecule has 152 valence electrons. The molecule has 1 fully saturated rings. The van der Waals surface area contributed by atoms with Crippen LogP contribution in [0.25, 0.3) is 0 Å². The lowest BCUT2D eigenvalue weighted by molar-refractivity contribution is -0.135. The quantitative estimate of drug-likeness (QED) is 0.363. The van der Waals surface area contributed by atoms with E-state index < -0.39 is 0 Å². The second kappa shape index (κ2) is 11.0. The van der Waals surface area contributed by atoms with E-state index in [-0.39, 0.29) is 29.9 Å². The van der Waals surface area contributed by atoms with E-state index in [4.69, 9.17) is 11.6 Å². The lowest BCUT2D eigenvalue weighted by Crippen LogP contribution is -2.54. The third kappa shape index (κ3) is 6.31. The van der Waals surface area contributed by atoms with Crippen molar-refractivity contribution in [2.24, 2.45) is 4.99 Å². The summed E-state index contributed by atoms with van der Waals surface area (Å²) in [7, 11) is 0. The number of hydrogen-bond donors (Lipinski definition) is 1. The second-order valence-electron chi connectivity index (χ2n) is 6.40. The van der Waals surface area contributed by atoms with E-state index in [2.05, 4.69) is 15.3 Å². The number of thiazole rings is 1. The summed E-state index contributed by atoms with van der Waals surface area (Å²) in [4.78, 5) is 26.7. The fourth-order valence-corrected chi connectivity index (χ4v) is 3.75. The summed E-state index contributed by atoms with van der Waals surface area (Å²) in [5.41, 5.74) is 1.08. The molecular formula is C19H25ClIN5OS. The monoisotopic (exact) mass is 533 g/mol. The third-order valence-electron chi connectivity index (χ3n) is 4.27. The first-order valence-corrected chi connectivity index (χ1v) is 10.2. The summed E-state index contributed by atoms with van der Waals surface area (Å²) in [5.74, 6) is 0.872. The van der Waals surface area contributed by atoms with Crippen molar-refractivity contribution in [2.45, 2.75) is 26.9 Å². The molecular weight excluding hydrogens is 509 g/mol. The zero-order valence-corrected chi connectivity index (χ0v) is 19.9. The minimum Gasteiger partial charge on any atom is -0.356 e. The molecule has 0 bridgehead atoms. The zero-order chi connectivity index (χ0) is 19.2. The molecule has 1 aromatic heterocycles. The molecule has 0 unspecified atom stereocenters. The predicted octanol–water partition coefficient (Wildman–Crippen LogP) is 3.53. The molecule has 2 aromatic rings. The smallest absolute Gasteiger partial charge is 0.242 e. The highest BCUT2D eigenvalue weighted by Crippen LogP contribution is 2.15. The molecule has 28 heavy (non-hydrogen) atoms. The van der Waals surface area contributed by atoms with E-state index in [1.165, 1.54) is 4.88 Å². The van der Waals surface area contributed by atoms with Gasteiger partial charge in [-0.2, -0.15) is 0 Å². The van der Waals surface area contributed by atoms with Crippen LogP contribution in [0.2, 0.25) is 5.02 Å². The van der Waals surface area contributed by atoms with E-state index >= 15 is 0 Å². The first-order valence-electron chi connectivity index (χ1n) is 9.02. The fourth-order valence-electron chi connectivity index (χ4n) is 2.91. The Morgan fingerprint density at radius 2 is 2.07 bits per heavy atom. The van der Waals surface area contributed by atoms with Crippen LogP contribution in [-0.2, 0) is 17.9 Å². The number of aliphatic imine (C=N–C) groups is 1. The van der Waals surface area contributed by atoms with Crippen LogP contribution in [0.15, 0.2) is 35.5 Å². The Labute approximate surface area is 192 Å². The number of guanidine groups is 1. The number of piperazine rings is 1. The molecule has 1 aromatic carbocycles. The highest BCUT2D eigenvalue weighted by molar-refractivity contribution is 14.0. The number of halogens is 2. The SMILES string of the molecule is CCNC(=NCc1ncc(C)s1)N1CCN(Cc2ccc(Cl)cc2)C(=O)C1.I. The van der Waals surface area contributed by atoms with Crippen molar-refractivity contribution in [3.05, 3.63) is 50.9 Å². The van der Waals surface area contributed by atoms with Gasteiger partial charge in [0.15, 0.2) is 5.96 Å². The number of amides is 1. The first-order chi connectivity index (χ1) is 13.0. The van der Waals surface area contributed by atoms with E-state index in [0.29, 0.717) is 31.2 Å². The Hall–Kier alpha value is -1.39. The topological polar surface area (TPSA) is 60.8 Å². The molecule has 9 heteroatoms. The number of rotatable bonds is 5. The lowest BCUT2D eigenvalue weighted by atomic mass is 10.2. The first kappa shape index (κ1) is 22.9. The number of nitrogens with zero attached hydrogens (tertiary/aromatic N) is 4. The molecule has 1 aliphatic rings. The van der Waals surface area contributed by atoms with Crippen molar-refractivity contribution in [3.63, 3.8) is 0 Å². The molecule has 1 aliphatic heterocycles. The molecule has 3 rings (SSSR count). The van der Waals surface area contributed by atoms with Crippen LogP contribution in [0.3, 0.4) is 0 Å². The Bertz CT molecular complexity index is 811. The van der Waals surface area contributed by atoms with Crippen molar-refractivity contribution in [2.75, 3.05) is 26.2 Å². The van der Waals surface area contributed by atoms with Gasteiger partial charge in [-0.3, -0.25) is 4.79 Å². The Morgan fingerprint density at radius 1 is 1.32 bits per heavy atom. The van der Waals surface area contributed by atoms with E-state index in [1.807, 2.05) is 54.1 Å². The lowest BCUT2D eigenvalue weighted by Gasteiger charge is -2.36. The maximum atomic E-state index is 12.6. The molecule has 6 nitrogen and oxygen atoms in total. The molecule has 1 saturated heterocycles. The van der Waals surface area contributed by atoms with Crippen LogP contribution < -0.4 is 5.32 Å². The van der Waals surface area contributed by atoms with Crippen LogP contribution >= 0.6 is 46.9 Å². The van der Waals surface area contributed by atoms with Gasteiger partial charge >= 0.3 is 0 Å². The summed E-state index contributed by atoms with van der Waals surface area (Å²) < 4.78 is 0. The van der Waals surface area contributed by atoms with E-state index in [1.54, 1.807) is 11.3 Å². The zero-order valence-electron chi connectivity index (χ0n) is 16.0. The normalized spacial score (nSPS) is 14.8. The maximum absolute atomic E-state index is 12.6. The van der Waals surface area contributed by atoms with Crippen molar-refractivity contribution in [1.82, 2.24) is 20.1 Å². The van der Waals surface area contributed by atoms with Crippen LogP contribution in [0, 0.1) is 6.92 Å². The maximum Gasteiger partial charge on any atom is 0.242 e. The number of benzene rings is 1. The van der Waals surface area contributed by atoms with Gasteiger partial charge in [0.2, 0.25) is 5.91 Å². The van der Waals surface area contributed by atoms with Gasteiger partial charge in [-0.15, -0.1) is 35.3 Å². The number of aromatic nitrogens is 1. The molecule has 0 spiro atoms. The van der Waals surface area contributed by atoms with Crippen LogP contribution in [0.4, 0.5) is 0 Å². The average molecular weight is 534 g/mol. The van der Waals surface area contributed by atoms with E-state index in [9.17, 15) is 4.79 Å². The highest BCUT2D eigenvalue weighted by atomic mass is 127. The number of carbonyl (C=O) groups excluding carboxylic acids is 1. The van der Waals surface area contributed by atoms with E-state index in [0.717, 1.165) is 29.6 Å². The molecule has 0 radical (unpaired) electrons. The molecule has 1 N–H and O–H groups in total. The highest BCUT2D eigenvalue weighted by Gasteiger charge is 2.26. The summed E-state index contributed by atoms with van der Waals surface area (Å²) in [6, 6.07) is 7.63. The van der Waals surface area contributed by atoms with Gasteiger partial charge in [0.05, 0.1) is 13.1 Å². The number of carbonyl (C=O) groups is 1. The van der Waals surface area contributed by atoms with Gasteiger partial charge in [-0.25, -0.2) is 9.98 Å². The average Bonchev–Trinajstić information content (AvgIpc) is 3.07. The van der Waals surface area contributed by atoms with Crippen LogP contribution in [-0.4, -0.2) is 52.8 Å². The van der Waals surface area contributed by atoms with Crippen molar-refractivity contribution in [3.8, 4) is 0 Å². The van der Waals surface area contributed by atoms with Crippen molar-refractivity contribution >= 4 is 58.8 Å². The predicted molar refractivity (Wildman–Crippen MR) is 126 cm³/mol. The molecule has 2 heterocycles. The van der Waals surface area contributed by atoms with Crippen LogP contribution in [0.1, 0.15) is 22.4 Å². The summed E-state index contributed by atoms with van der Waals surface area (Å²) >= 11 is 7.58. The molecule has 0 aliphatic carbocycles. The van der Waals surface area contributed by atoms with Crippen LogP contribution in [0.5, 0.6) is 0 Å². The Morgan fingerprint density at radius 3 is 2.68 bits per heavy atom. The van der Waals surface area contributed by atoms with Gasteiger partial charge in [0, 0.05) is 42.3 Å². The largest absolute Gasteiger partial charge is 0.356 e. The van der Waals surface area contributed by atoms with Crippen molar-refractivity contribution < 1.29 is 4.79 Å². The third-order valence-corrected chi connectivity index (χ3v) is 5.42.